The number of aryl methyl sites for hydroxylation is 1. The SMILES string of the molecule is CCOC(=O)[C@H]1C(=O)NC(N2CCN(C(=O)OCC)CC2)=N[C@H]1c1cccc(C)c1. The number of carbonyl (C=O) groups is 3. The number of esters is 1. The first-order valence-electron chi connectivity index (χ1n) is 10.2. The monoisotopic (exact) mass is 416 g/mol. The van der Waals surface area contributed by atoms with E-state index in [9.17, 15) is 14.4 Å². The lowest BCUT2D eigenvalue weighted by Crippen LogP contribution is -2.58. The number of ether oxygens (including phenoxy) is 2. The number of hydrogen-bond acceptors (Lipinski definition) is 7. The fourth-order valence-corrected chi connectivity index (χ4v) is 3.64. The highest BCUT2D eigenvalue weighted by Gasteiger charge is 2.42. The van der Waals surface area contributed by atoms with Crippen molar-refractivity contribution in [2.24, 2.45) is 10.9 Å². The Bertz CT molecular complexity index is 832. The molecule has 162 valence electrons. The second kappa shape index (κ2) is 9.60. The van der Waals surface area contributed by atoms with Crippen LogP contribution in [0.25, 0.3) is 0 Å². The van der Waals surface area contributed by atoms with Gasteiger partial charge in [0.15, 0.2) is 5.92 Å². The largest absolute Gasteiger partial charge is 0.465 e. The van der Waals surface area contributed by atoms with Gasteiger partial charge in [-0.05, 0) is 26.3 Å². The van der Waals surface area contributed by atoms with Gasteiger partial charge < -0.3 is 19.3 Å². The summed E-state index contributed by atoms with van der Waals surface area (Å²) in [7, 11) is 0. The molecule has 30 heavy (non-hydrogen) atoms. The first kappa shape index (κ1) is 21.6. The molecular weight excluding hydrogens is 388 g/mol. The number of hydrogen-bond donors (Lipinski definition) is 1. The van der Waals surface area contributed by atoms with Gasteiger partial charge in [-0.2, -0.15) is 0 Å². The van der Waals surface area contributed by atoms with Crippen molar-refractivity contribution < 1.29 is 23.9 Å². The summed E-state index contributed by atoms with van der Waals surface area (Å²) in [5.74, 6) is -1.65. The third kappa shape index (κ3) is 4.72. The van der Waals surface area contributed by atoms with Gasteiger partial charge in [-0.1, -0.05) is 29.8 Å². The smallest absolute Gasteiger partial charge is 0.409 e. The predicted molar refractivity (Wildman–Crippen MR) is 110 cm³/mol. The second-order valence-electron chi connectivity index (χ2n) is 7.20. The van der Waals surface area contributed by atoms with E-state index in [2.05, 4.69) is 5.32 Å². The van der Waals surface area contributed by atoms with E-state index in [0.29, 0.717) is 38.7 Å². The summed E-state index contributed by atoms with van der Waals surface area (Å²) in [6.45, 7) is 7.87. The summed E-state index contributed by atoms with van der Waals surface area (Å²) in [4.78, 5) is 45.6. The van der Waals surface area contributed by atoms with Crippen LogP contribution in [0.5, 0.6) is 0 Å². The quantitative estimate of drug-likeness (QED) is 0.589. The van der Waals surface area contributed by atoms with Gasteiger partial charge in [0, 0.05) is 26.2 Å². The van der Waals surface area contributed by atoms with E-state index in [4.69, 9.17) is 14.5 Å². The van der Waals surface area contributed by atoms with Crippen molar-refractivity contribution >= 4 is 23.9 Å². The first-order chi connectivity index (χ1) is 14.4. The number of nitrogens with one attached hydrogen (secondary N) is 1. The number of rotatable bonds is 4. The summed E-state index contributed by atoms with van der Waals surface area (Å²) in [5, 5.41) is 2.76. The fourth-order valence-electron chi connectivity index (χ4n) is 3.64. The van der Waals surface area contributed by atoms with Crippen LogP contribution in [0.4, 0.5) is 4.79 Å². The number of benzene rings is 1. The second-order valence-corrected chi connectivity index (χ2v) is 7.20. The van der Waals surface area contributed by atoms with Gasteiger partial charge >= 0.3 is 12.1 Å². The first-order valence-corrected chi connectivity index (χ1v) is 10.2. The van der Waals surface area contributed by atoms with Crippen molar-refractivity contribution in [1.29, 1.82) is 0 Å². The average Bonchev–Trinajstić information content (AvgIpc) is 2.73. The molecule has 2 amide bonds. The Morgan fingerprint density at radius 1 is 1.13 bits per heavy atom. The van der Waals surface area contributed by atoms with Gasteiger partial charge in [0.1, 0.15) is 6.04 Å². The maximum absolute atomic E-state index is 12.9. The highest BCUT2D eigenvalue weighted by molar-refractivity contribution is 6.08. The molecule has 1 fully saturated rings. The molecule has 1 N–H and O–H groups in total. The minimum atomic E-state index is -1.05. The lowest BCUT2D eigenvalue weighted by Gasteiger charge is -2.38. The molecule has 1 saturated heterocycles. The molecule has 3 rings (SSSR count). The van der Waals surface area contributed by atoms with E-state index in [1.165, 1.54) is 0 Å². The molecule has 0 radical (unpaired) electrons. The molecule has 1 aromatic rings. The van der Waals surface area contributed by atoms with Gasteiger partial charge in [-0.3, -0.25) is 14.9 Å². The normalized spacial score (nSPS) is 21.6. The highest BCUT2D eigenvalue weighted by Crippen LogP contribution is 2.31. The molecule has 0 unspecified atom stereocenters. The number of guanidine groups is 1. The Balaban J connectivity index is 1.83. The van der Waals surface area contributed by atoms with E-state index in [1.807, 2.05) is 36.1 Å². The summed E-state index contributed by atoms with van der Waals surface area (Å²) in [6, 6.07) is 6.95. The summed E-state index contributed by atoms with van der Waals surface area (Å²) in [6.07, 6.45) is -0.341. The van der Waals surface area contributed by atoms with Crippen LogP contribution in [0.15, 0.2) is 29.3 Å². The Morgan fingerprint density at radius 3 is 2.47 bits per heavy atom. The summed E-state index contributed by atoms with van der Waals surface area (Å²) >= 11 is 0. The minimum Gasteiger partial charge on any atom is -0.465 e. The van der Waals surface area contributed by atoms with Crippen molar-refractivity contribution in [3.63, 3.8) is 0 Å². The van der Waals surface area contributed by atoms with Crippen LogP contribution >= 0.6 is 0 Å². The van der Waals surface area contributed by atoms with Crippen LogP contribution in [0.3, 0.4) is 0 Å². The molecular formula is C21H28N4O5. The van der Waals surface area contributed by atoms with E-state index < -0.39 is 23.8 Å². The molecule has 0 saturated carbocycles. The van der Waals surface area contributed by atoms with Crippen molar-refractivity contribution in [1.82, 2.24) is 15.1 Å². The Kier molecular flexibility index (Phi) is 6.91. The van der Waals surface area contributed by atoms with Gasteiger partial charge in [0.25, 0.3) is 0 Å². The van der Waals surface area contributed by atoms with Gasteiger partial charge in [0.2, 0.25) is 11.9 Å². The number of nitrogens with zero attached hydrogens (tertiary/aromatic N) is 3. The minimum absolute atomic E-state index is 0.190. The molecule has 9 nitrogen and oxygen atoms in total. The number of piperazine rings is 1. The third-order valence-corrected chi connectivity index (χ3v) is 5.12. The molecule has 0 spiro atoms. The molecule has 2 heterocycles. The van der Waals surface area contributed by atoms with E-state index in [0.717, 1.165) is 11.1 Å². The topological polar surface area (TPSA) is 101 Å². The summed E-state index contributed by atoms with van der Waals surface area (Å²) in [5.41, 5.74) is 1.80. The van der Waals surface area contributed by atoms with Gasteiger partial charge in [0.05, 0.1) is 13.2 Å². The van der Waals surface area contributed by atoms with Crippen molar-refractivity contribution in [3.8, 4) is 0 Å². The molecule has 2 atom stereocenters. The van der Waals surface area contributed by atoms with E-state index in [1.54, 1.807) is 18.7 Å². The Morgan fingerprint density at radius 2 is 1.83 bits per heavy atom. The van der Waals surface area contributed by atoms with Crippen LogP contribution in [0.2, 0.25) is 0 Å². The zero-order valence-corrected chi connectivity index (χ0v) is 17.6. The molecule has 2 aliphatic heterocycles. The lowest BCUT2D eigenvalue weighted by molar-refractivity contribution is -0.153. The molecule has 2 aliphatic rings. The summed E-state index contributed by atoms with van der Waals surface area (Å²) < 4.78 is 10.2. The van der Waals surface area contributed by atoms with Crippen LogP contribution in [0.1, 0.15) is 31.0 Å². The van der Waals surface area contributed by atoms with Crippen molar-refractivity contribution in [3.05, 3.63) is 35.4 Å². The molecule has 0 aromatic heterocycles. The number of amides is 2. The van der Waals surface area contributed by atoms with E-state index in [-0.39, 0.29) is 12.7 Å². The highest BCUT2D eigenvalue weighted by atomic mass is 16.6. The average molecular weight is 416 g/mol. The van der Waals surface area contributed by atoms with Gasteiger partial charge in [-0.25, -0.2) is 9.79 Å². The maximum atomic E-state index is 12.9. The Hall–Kier alpha value is -3.10. The van der Waals surface area contributed by atoms with E-state index >= 15 is 0 Å². The standard InChI is InChI=1S/C21H28N4O5/c1-4-29-19(27)16-17(15-8-6-7-14(3)13-15)22-20(23-18(16)26)24-9-11-25(12-10-24)21(28)30-5-2/h6-8,13,16-17H,4-5,9-12H2,1-3H3,(H,22,23,26)/t16-,17+/m1/s1. The fraction of sp³-hybridized carbons (Fsp3) is 0.524. The zero-order valence-electron chi connectivity index (χ0n) is 17.6. The molecule has 0 bridgehead atoms. The molecule has 1 aromatic carbocycles. The molecule has 0 aliphatic carbocycles. The lowest BCUT2D eigenvalue weighted by atomic mass is 9.90. The van der Waals surface area contributed by atoms with Crippen LogP contribution in [-0.4, -0.2) is 73.1 Å². The maximum Gasteiger partial charge on any atom is 0.409 e. The van der Waals surface area contributed by atoms with Gasteiger partial charge in [-0.15, -0.1) is 0 Å². The van der Waals surface area contributed by atoms with Crippen LogP contribution in [0, 0.1) is 12.8 Å². The van der Waals surface area contributed by atoms with Crippen molar-refractivity contribution in [2.75, 3.05) is 39.4 Å². The zero-order chi connectivity index (χ0) is 21.7. The van der Waals surface area contributed by atoms with Crippen LogP contribution in [-0.2, 0) is 19.1 Å². The van der Waals surface area contributed by atoms with Crippen LogP contribution < -0.4 is 5.32 Å². The third-order valence-electron chi connectivity index (χ3n) is 5.12. The Labute approximate surface area is 176 Å². The van der Waals surface area contributed by atoms with Crippen molar-refractivity contribution in [2.45, 2.75) is 26.8 Å². The molecule has 9 heteroatoms. The predicted octanol–water partition coefficient (Wildman–Crippen LogP) is 1.48. The number of aliphatic imine (C=N–C) groups is 1. The number of carbonyl (C=O) groups excluding carboxylic acids is 3.